The largest absolute Gasteiger partial charge is 0.393 e. The van der Waals surface area contributed by atoms with Gasteiger partial charge in [0.1, 0.15) is 5.65 Å². The van der Waals surface area contributed by atoms with Gasteiger partial charge in [-0.2, -0.15) is 0 Å². The number of aromatic nitrogens is 2. The number of carbonyl (C=O) groups excluding carboxylic acids is 1. The van der Waals surface area contributed by atoms with Crippen LogP contribution in [0.4, 0.5) is 5.69 Å². The zero-order valence-corrected chi connectivity index (χ0v) is 17.1. The minimum atomic E-state index is -3.41. The number of hydrogen-bond donors (Lipinski definition) is 4. The Balaban J connectivity index is 1.69. The van der Waals surface area contributed by atoms with Crippen LogP contribution < -0.4 is 10.0 Å². The fraction of sp³-hybridized carbons (Fsp3) is 0.190. The van der Waals surface area contributed by atoms with Gasteiger partial charge in [-0.3, -0.25) is 9.52 Å². The van der Waals surface area contributed by atoms with Crippen molar-refractivity contribution in [1.29, 1.82) is 5.41 Å². The lowest BCUT2D eigenvalue weighted by molar-refractivity contribution is 0.104. The second-order valence-corrected chi connectivity index (χ2v) is 9.07. The van der Waals surface area contributed by atoms with Gasteiger partial charge in [-0.1, -0.05) is 12.1 Å². The van der Waals surface area contributed by atoms with Crippen molar-refractivity contribution in [3.8, 4) is 0 Å². The van der Waals surface area contributed by atoms with Crippen molar-refractivity contribution < 1.29 is 13.2 Å². The van der Waals surface area contributed by atoms with Crippen LogP contribution in [-0.2, 0) is 10.0 Å². The molecule has 0 unspecified atom stereocenters. The lowest BCUT2D eigenvalue weighted by Crippen LogP contribution is -2.17. The van der Waals surface area contributed by atoms with E-state index in [0.717, 1.165) is 0 Å². The van der Waals surface area contributed by atoms with E-state index in [1.54, 1.807) is 56.0 Å². The van der Waals surface area contributed by atoms with Crippen molar-refractivity contribution in [2.24, 2.45) is 0 Å². The molecule has 2 heterocycles. The van der Waals surface area contributed by atoms with Crippen LogP contribution in [0.25, 0.3) is 16.6 Å². The summed E-state index contributed by atoms with van der Waals surface area (Å²) in [5.74, 6) is -0.248. The van der Waals surface area contributed by atoms with Gasteiger partial charge in [0.25, 0.3) is 0 Å². The summed E-state index contributed by atoms with van der Waals surface area (Å²) in [6.07, 6.45) is 7.45. The molecule has 30 heavy (non-hydrogen) atoms. The summed E-state index contributed by atoms with van der Waals surface area (Å²) in [5.41, 5.74) is 3.05. The van der Waals surface area contributed by atoms with Gasteiger partial charge >= 0.3 is 0 Å². The third-order valence-corrected chi connectivity index (χ3v) is 6.78. The lowest BCUT2D eigenvalue weighted by Gasteiger charge is -2.08. The van der Waals surface area contributed by atoms with E-state index in [9.17, 15) is 13.2 Å². The Hall–Kier alpha value is -3.46. The lowest BCUT2D eigenvalue weighted by atomic mass is 10.0. The quantitative estimate of drug-likeness (QED) is 0.327. The fourth-order valence-corrected chi connectivity index (χ4v) is 4.60. The highest BCUT2D eigenvalue weighted by atomic mass is 32.2. The second-order valence-electron chi connectivity index (χ2n) is 7.11. The third kappa shape index (κ3) is 3.84. The van der Waals surface area contributed by atoms with E-state index in [-0.39, 0.29) is 11.0 Å². The summed E-state index contributed by atoms with van der Waals surface area (Å²) in [6, 6.07) is 8.28. The number of allylic oxidation sites excluding steroid dienone is 1. The molecule has 0 spiro atoms. The summed E-state index contributed by atoms with van der Waals surface area (Å²) in [6.45, 7) is 0. The van der Waals surface area contributed by atoms with E-state index >= 15 is 0 Å². The summed E-state index contributed by atoms with van der Waals surface area (Å²) >= 11 is 0. The van der Waals surface area contributed by atoms with E-state index in [1.807, 2.05) is 0 Å². The Labute approximate surface area is 174 Å². The fourth-order valence-electron chi connectivity index (χ4n) is 3.22. The number of anilines is 1. The normalized spacial score (nSPS) is 14.5. The first kappa shape index (κ1) is 19.8. The third-order valence-electron chi connectivity index (χ3n) is 4.91. The molecule has 154 valence electrons. The average Bonchev–Trinajstić information content (AvgIpc) is 3.52. The molecular weight excluding hydrogens is 402 g/mol. The van der Waals surface area contributed by atoms with Crippen molar-refractivity contribution in [3.63, 3.8) is 0 Å². The first-order chi connectivity index (χ1) is 14.4. The highest BCUT2D eigenvalue weighted by Gasteiger charge is 2.35. The number of rotatable bonds is 8. The SMILES string of the molecule is CN/C=C(\C=N)c1cnc2[nH]cc(C(=O)c3cccc(NS(=O)(=O)C4CC4)c3)c2c1. The van der Waals surface area contributed by atoms with Gasteiger partial charge in [0.15, 0.2) is 5.78 Å². The molecule has 0 saturated heterocycles. The molecule has 0 radical (unpaired) electrons. The molecule has 0 atom stereocenters. The Morgan fingerprint density at radius 3 is 2.77 bits per heavy atom. The number of carbonyl (C=O) groups is 1. The number of aromatic amines is 1. The number of H-pyrrole nitrogens is 1. The second kappa shape index (κ2) is 7.75. The van der Waals surface area contributed by atoms with Crippen LogP contribution in [0.5, 0.6) is 0 Å². The summed E-state index contributed by atoms with van der Waals surface area (Å²) < 4.78 is 26.9. The van der Waals surface area contributed by atoms with Crippen LogP contribution in [0, 0.1) is 5.41 Å². The van der Waals surface area contributed by atoms with Crippen molar-refractivity contribution in [1.82, 2.24) is 15.3 Å². The number of nitrogens with zero attached hydrogens (tertiary/aromatic N) is 1. The number of nitrogens with one attached hydrogen (secondary N) is 4. The average molecular weight is 423 g/mol. The molecule has 1 aromatic carbocycles. The maximum atomic E-state index is 13.2. The van der Waals surface area contributed by atoms with Gasteiger partial charge in [-0.15, -0.1) is 0 Å². The van der Waals surface area contributed by atoms with Gasteiger partial charge in [-0.05, 0) is 31.0 Å². The van der Waals surface area contributed by atoms with E-state index in [0.29, 0.717) is 51.8 Å². The van der Waals surface area contributed by atoms with Crippen LogP contribution in [0.15, 0.2) is 48.9 Å². The number of sulfonamides is 1. The van der Waals surface area contributed by atoms with E-state index in [1.165, 1.54) is 6.21 Å². The van der Waals surface area contributed by atoms with Crippen molar-refractivity contribution in [2.45, 2.75) is 18.1 Å². The molecule has 0 amide bonds. The highest BCUT2D eigenvalue weighted by molar-refractivity contribution is 7.93. The Bertz CT molecular complexity index is 1270. The predicted molar refractivity (Wildman–Crippen MR) is 117 cm³/mol. The summed E-state index contributed by atoms with van der Waals surface area (Å²) in [4.78, 5) is 20.5. The first-order valence-corrected chi connectivity index (χ1v) is 11.0. The van der Waals surface area contributed by atoms with Crippen molar-refractivity contribution in [3.05, 3.63) is 65.6 Å². The number of ketones is 1. The molecule has 4 N–H and O–H groups in total. The highest BCUT2D eigenvalue weighted by Crippen LogP contribution is 2.30. The van der Waals surface area contributed by atoms with E-state index < -0.39 is 10.0 Å². The Morgan fingerprint density at radius 1 is 1.27 bits per heavy atom. The molecular formula is C21H21N5O3S. The molecule has 0 aliphatic heterocycles. The predicted octanol–water partition coefficient (Wildman–Crippen LogP) is 2.91. The minimum Gasteiger partial charge on any atom is -0.393 e. The molecule has 8 nitrogen and oxygen atoms in total. The molecule has 1 fully saturated rings. The molecule has 3 aromatic rings. The summed E-state index contributed by atoms with van der Waals surface area (Å²) in [5, 5.41) is 10.8. The molecule has 0 bridgehead atoms. The van der Waals surface area contributed by atoms with Crippen LogP contribution in [0.2, 0.25) is 0 Å². The zero-order valence-electron chi connectivity index (χ0n) is 16.3. The Morgan fingerprint density at radius 2 is 2.07 bits per heavy atom. The van der Waals surface area contributed by atoms with Gasteiger partial charge in [0.2, 0.25) is 10.0 Å². The van der Waals surface area contributed by atoms with Crippen molar-refractivity contribution in [2.75, 3.05) is 11.8 Å². The monoisotopic (exact) mass is 423 g/mol. The maximum absolute atomic E-state index is 13.2. The zero-order chi connectivity index (χ0) is 21.3. The number of hydrogen-bond acceptors (Lipinski definition) is 6. The molecule has 1 aliphatic carbocycles. The van der Waals surface area contributed by atoms with Crippen LogP contribution >= 0.6 is 0 Å². The Kier molecular flexibility index (Phi) is 5.13. The minimum absolute atomic E-state index is 0.248. The topological polar surface area (TPSA) is 128 Å². The van der Waals surface area contributed by atoms with Crippen LogP contribution in [0.3, 0.4) is 0 Å². The molecule has 2 aromatic heterocycles. The number of benzene rings is 1. The molecule has 9 heteroatoms. The number of pyridine rings is 1. The smallest absolute Gasteiger partial charge is 0.235 e. The van der Waals surface area contributed by atoms with Gasteiger partial charge in [-0.25, -0.2) is 13.4 Å². The van der Waals surface area contributed by atoms with Gasteiger partial charge in [0, 0.05) is 65.2 Å². The van der Waals surface area contributed by atoms with Gasteiger partial charge < -0.3 is 15.7 Å². The van der Waals surface area contributed by atoms with E-state index in [2.05, 4.69) is 20.0 Å². The number of fused-ring (bicyclic) bond motifs is 1. The molecule has 1 aliphatic rings. The summed E-state index contributed by atoms with van der Waals surface area (Å²) in [7, 11) is -1.66. The van der Waals surface area contributed by atoms with Crippen molar-refractivity contribution >= 4 is 44.3 Å². The first-order valence-electron chi connectivity index (χ1n) is 9.45. The van der Waals surface area contributed by atoms with Crippen LogP contribution in [-0.4, -0.2) is 42.7 Å². The van der Waals surface area contributed by atoms with Gasteiger partial charge in [0.05, 0.1) is 5.25 Å². The van der Waals surface area contributed by atoms with E-state index in [4.69, 9.17) is 5.41 Å². The standard InChI is InChI=1S/C21H21N5O3S/c1-23-10-15(9-22)14-8-18-19(12-25-21(18)24-11-14)20(27)13-3-2-4-16(7-13)26-30(28,29)17-5-6-17/h2-4,7-12,17,22-23,26H,5-6H2,1H3,(H,24,25)/b15-10+,22-9?. The van der Waals surface area contributed by atoms with Crippen LogP contribution in [0.1, 0.15) is 34.3 Å². The molecule has 4 rings (SSSR count). The molecule has 1 saturated carbocycles. The maximum Gasteiger partial charge on any atom is 0.235 e.